The average Bonchev–Trinajstić information content (AvgIpc) is 3.52. The van der Waals surface area contributed by atoms with Gasteiger partial charge in [-0.2, -0.15) is 0 Å². The van der Waals surface area contributed by atoms with Gasteiger partial charge in [-0.15, -0.1) is 0 Å². The summed E-state index contributed by atoms with van der Waals surface area (Å²) in [6.07, 6.45) is 3.91. The lowest BCUT2D eigenvalue weighted by Gasteiger charge is -2.12. The van der Waals surface area contributed by atoms with E-state index in [1.165, 1.54) is 22.8 Å². The predicted octanol–water partition coefficient (Wildman–Crippen LogP) is 4.11. The summed E-state index contributed by atoms with van der Waals surface area (Å²) in [4.78, 5) is 17.3. The molecule has 0 unspecified atom stereocenters. The Morgan fingerprint density at radius 1 is 1.17 bits per heavy atom. The molecule has 0 radical (unpaired) electrons. The van der Waals surface area contributed by atoms with Gasteiger partial charge < -0.3 is 10.5 Å². The fourth-order valence-electron chi connectivity index (χ4n) is 3.07. The van der Waals surface area contributed by atoms with Crippen molar-refractivity contribution in [1.29, 1.82) is 0 Å². The Morgan fingerprint density at radius 3 is 2.62 bits per heavy atom. The van der Waals surface area contributed by atoms with Crippen molar-refractivity contribution in [1.82, 2.24) is 4.57 Å². The minimum absolute atomic E-state index is 0.214. The zero-order valence-electron chi connectivity index (χ0n) is 16.1. The van der Waals surface area contributed by atoms with Gasteiger partial charge >= 0.3 is 0 Å². The average molecular weight is 391 g/mol. The third-order valence-electron chi connectivity index (χ3n) is 4.84. The third kappa shape index (κ3) is 4.54. The highest BCUT2D eigenvalue weighted by Crippen LogP contribution is 2.26. The van der Waals surface area contributed by atoms with Crippen molar-refractivity contribution in [2.45, 2.75) is 32.4 Å². The minimum Gasteiger partial charge on any atom is -0.489 e. The summed E-state index contributed by atoms with van der Waals surface area (Å²) in [6, 6.07) is 15.1. The van der Waals surface area contributed by atoms with Crippen LogP contribution in [0, 0.1) is 5.82 Å². The van der Waals surface area contributed by atoms with Crippen molar-refractivity contribution in [3.8, 4) is 11.4 Å². The number of nitrogens with two attached hydrogens (primary N) is 1. The van der Waals surface area contributed by atoms with E-state index in [4.69, 9.17) is 10.5 Å². The molecule has 0 aliphatic heterocycles. The van der Waals surface area contributed by atoms with Gasteiger partial charge in [0.25, 0.3) is 5.56 Å². The van der Waals surface area contributed by atoms with Gasteiger partial charge in [-0.1, -0.05) is 12.1 Å². The van der Waals surface area contributed by atoms with Crippen LogP contribution < -0.4 is 16.0 Å². The molecule has 3 aromatic rings. The third-order valence-corrected chi connectivity index (χ3v) is 4.84. The highest BCUT2D eigenvalue weighted by molar-refractivity contribution is 6.03. The molecule has 0 atom stereocenters. The fraction of sp³-hybridized carbons (Fsp3) is 0.217. The molecule has 2 N–H and O–H groups in total. The zero-order chi connectivity index (χ0) is 20.4. The fourth-order valence-corrected chi connectivity index (χ4v) is 3.07. The lowest BCUT2D eigenvalue weighted by Crippen LogP contribution is -2.17. The van der Waals surface area contributed by atoms with E-state index in [1.54, 1.807) is 30.5 Å². The van der Waals surface area contributed by atoms with Crippen LogP contribution >= 0.6 is 0 Å². The first-order valence-electron chi connectivity index (χ1n) is 9.54. The maximum absolute atomic E-state index is 13.0. The summed E-state index contributed by atoms with van der Waals surface area (Å²) in [6.45, 7) is 2.20. The quantitative estimate of drug-likeness (QED) is 0.508. The Labute approximate surface area is 168 Å². The van der Waals surface area contributed by atoms with E-state index < -0.39 is 0 Å². The van der Waals surface area contributed by atoms with E-state index in [0.717, 1.165) is 35.4 Å². The summed E-state index contributed by atoms with van der Waals surface area (Å²) >= 11 is 0. The number of halogens is 1. The van der Waals surface area contributed by atoms with Gasteiger partial charge in [0.15, 0.2) is 0 Å². The molecule has 1 saturated carbocycles. The van der Waals surface area contributed by atoms with Gasteiger partial charge in [0.1, 0.15) is 18.2 Å². The molecule has 5 nitrogen and oxygen atoms in total. The normalized spacial score (nSPS) is 14.1. The molecule has 0 spiro atoms. The number of aromatic nitrogens is 1. The van der Waals surface area contributed by atoms with Gasteiger partial charge in [-0.05, 0) is 61.7 Å². The minimum atomic E-state index is -0.295. The van der Waals surface area contributed by atoms with Crippen LogP contribution in [0.15, 0.2) is 70.6 Å². The molecule has 0 amide bonds. The maximum Gasteiger partial charge on any atom is 0.258 e. The van der Waals surface area contributed by atoms with E-state index in [-0.39, 0.29) is 18.0 Å². The van der Waals surface area contributed by atoms with Gasteiger partial charge in [0, 0.05) is 34.9 Å². The molecule has 1 aliphatic carbocycles. The lowest BCUT2D eigenvalue weighted by atomic mass is 10.1. The number of benzene rings is 2. The summed E-state index contributed by atoms with van der Waals surface area (Å²) in [5, 5.41) is 0. The molecule has 1 heterocycles. The van der Waals surface area contributed by atoms with Gasteiger partial charge in [0.05, 0.1) is 6.04 Å². The van der Waals surface area contributed by atoms with Crippen molar-refractivity contribution in [2.75, 3.05) is 5.73 Å². The lowest BCUT2D eigenvalue weighted by molar-refractivity contribution is 0.305. The number of aliphatic imine (C=N–C) groups is 1. The second kappa shape index (κ2) is 7.91. The van der Waals surface area contributed by atoms with Crippen LogP contribution in [0.5, 0.6) is 5.75 Å². The van der Waals surface area contributed by atoms with Crippen molar-refractivity contribution in [3.05, 3.63) is 88.1 Å². The number of anilines is 1. The van der Waals surface area contributed by atoms with Crippen molar-refractivity contribution < 1.29 is 9.13 Å². The topological polar surface area (TPSA) is 69.6 Å². The first kappa shape index (κ1) is 18.9. The Bertz CT molecular complexity index is 1120. The first-order chi connectivity index (χ1) is 14.0. The Balaban J connectivity index is 1.54. The van der Waals surface area contributed by atoms with Gasteiger partial charge in [-0.3, -0.25) is 14.4 Å². The standard InChI is InChI=1S/C23H22FN3O2/c1-15(26-18-6-7-18)21-12-19(8-9-22(21)25)27-11-10-20(13-23(27)28)29-14-16-2-4-17(24)5-3-16/h2-5,8-13,18H,6-7,14,25H2,1H3. The molecule has 0 bridgehead atoms. The number of hydrogen-bond acceptors (Lipinski definition) is 4. The largest absolute Gasteiger partial charge is 0.489 e. The molecular weight excluding hydrogens is 369 g/mol. The summed E-state index contributed by atoms with van der Waals surface area (Å²) in [5.74, 6) is 0.161. The van der Waals surface area contributed by atoms with E-state index >= 15 is 0 Å². The molecule has 0 saturated heterocycles. The summed E-state index contributed by atoms with van der Waals surface area (Å²) in [7, 11) is 0. The van der Waals surface area contributed by atoms with Crippen LogP contribution in [0.2, 0.25) is 0 Å². The maximum atomic E-state index is 13.0. The Kier molecular flexibility index (Phi) is 5.16. The molecule has 29 heavy (non-hydrogen) atoms. The highest BCUT2D eigenvalue weighted by atomic mass is 19.1. The molecule has 1 aliphatic rings. The molecule has 1 fully saturated rings. The van der Waals surface area contributed by atoms with E-state index in [2.05, 4.69) is 4.99 Å². The molecule has 1 aromatic heterocycles. The second-order valence-electron chi connectivity index (χ2n) is 7.20. The second-order valence-corrected chi connectivity index (χ2v) is 7.20. The SMILES string of the molecule is CC(=NC1CC1)c1cc(-n2ccc(OCc3ccc(F)cc3)cc2=O)ccc1N. The highest BCUT2D eigenvalue weighted by Gasteiger charge is 2.20. The predicted molar refractivity (Wildman–Crippen MR) is 112 cm³/mol. The summed E-state index contributed by atoms with van der Waals surface area (Å²) in [5.41, 5.74) is 9.82. The monoisotopic (exact) mass is 391 g/mol. The number of pyridine rings is 1. The van der Waals surface area contributed by atoms with Crippen molar-refractivity contribution >= 4 is 11.4 Å². The molecule has 148 valence electrons. The van der Waals surface area contributed by atoms with Crippen LogP contribution in [-0.4, -0.2) is 16.3 Å². The number of hydrogen-bond donors (Lipinski definition) is 1. The van der Waals surface area contributed by atoms with E-state index in [9.17, 15) is 9.18 Å². The molecular formula is C23H22FN3O2. The number of rotatable bonds is 6. The van der Waals surface area contributed by atoms with Crippen LogP contribution in [0.25, 0.3) is 5.69 Å². The van der Waals surface area contributed by atoms with Crippen LogP contribution in [0.3, 0.4) is 0 Å². The Hall–Kier alpha value is -3.41. The smallest absolute Gasteiger partial charge is 0.258 e. The number of nitrogens with zero attached hydrogens (tertiary/aromatic N) is 2. The van der Waals surface area contributed by atoms with Gasteiger partial charge in [-0.25, -0.2) is 4.39 Å². The van der Waals surface area contributed by atoms with Gasteiger partial charge in [0.2, 0.25) is 0 Å². The van der Waals surface area contributed by atoms with Crippen LogP contribution in [0.4, 0.5) is 10.1 Å². The molecule has 4 rings (SSSR count). The van der Waals surface area contributed by atoms with Crippen LogP contribution in [0.1, 0.15) is 30.9 Å². The number of ether oxygens (including phenoxy) is 1. The zero-order valence-corrected chi connectivity index (χ0v) is 16.1. The van der Waals surface area contributed by atoms with E-state index in [0.29, 0.717) is 17.5 Å². The first-order valence-corrected chi connectivity index (χ1v) is 9.54. The Morgan fingerprint density at radius 2 is 1.93 bits per heavy atom. The number of nitrogen functional groups attached to an aromatic ring is 1. The van der Waals surface area contributed by atoms with Crippen LogP contribution in [-0.2, 0) is 6.61 Å². The molecule has 2 aromatic carbocycles. The molecule has 6 heteroatoms. The summed E-state index contributed by atoms with van der Waals surface area (Å²) < 4.78 is 20.2. The van der Waals surface area contributed by atoms with Crippen molar-refractivity contribution in [2.24, 2.45) is 4.99 Å². The van der Waals surface area contributed by atoms with Crippen molar-refractivity contribution in [3.63, 3.8) is 0 Å². The van der Waals surface area contributed by atoms with E-state index in [1.807, 2.05) is 19.1 Å².